The van der Waals surface area contributed by atoms with Crippen LogP contribution in [0.3, 0.4) is 0 Å². The zero-order chi connectivity index (χ0) is 15.5. The summed E-state index contributed by atoms with van der Waals surface area (Å²) >= 11 is 1.15. The first-order chi connectivity index (χ1) is 10.6. The van der Waals surface area contributed by atoms with Crippen LogP contribution in [-0.2, 0) is 4.79 Å². The van der Waals surface area contributed by atoms with Gasteiger partial charge in [0, 0.05) is 11.3 Å². The van der Waals surface area contributed by atoms with Crippen LogP contribution in [0.2, 0.25) is 0 Å². The molecule has 1 N–H and O–H groups in total. The van der Waals surface area contributed by atoms with Gasteiger partial charge in [-0.2, -0.15) is 4.52 Å². The molecule has 1 amide bonds. The van der Waals surface area contributed by atoms with Gasteiger partial charge in [-0.3, -0.25) is 9.59 Å². The molecule has 0 atom stereocenters. The minimum atomic E-state index is -0.199. The van der Waals surface area contributed by atoms with Gasteiger partial charge in [0.25, 0.3) is 5.22 Å². The number of amides is 1. The summed E-state index contributed by atoms with van der Waals surface area (Å²) in [5, 5.41) is 14.4. The Morgan fingerprint density at radius 1 is 1.32 bits per heavy atom. The lowest BCUT2D eigenvalue weighted by molar-refractivity contribution is -0.113. The number of thioether (sulfide) groups is 1. The van der Waals surface area contributed by atoms with E-state index in [1.54, 1.807) is 24.3 Å². The van der Waals surface area contributed by atoms with Gasteiger partial charge in [-0.25, -0.2) is 0 Å². The minimum Gasteiger partial charge on any atom is -0.396 e. The zero-order valence-corrected chi connectivity index (χ0v) is 12.3. The van der Waals surface area contributed by atoms with Crippen molar-refractivity contribution in [3.05, 3.63) is 36.2 Å². The predicted octanol–water partition coefficient (Wildman–Crippen LogP) is 1.65. The lowest BCUT2D eigenvalue weighted by Crippen LogP contribution is -2.14. The third kappa shape index (κ3) is 3.14. The Balaban J connectivity index is 1.55. The molecular weight excluding hydrogens is 306 g/mol. The highest BCUT2D eigenvalue weighted by atomic mass is 32.2. The minimum absolute atomic E-state index is 0.0168. The molecule has 112 valence electrons. The quantitative estimate of drug-likeness (QED) is 0.564. The number of rotatable bonds is 5. The Hall–Kier alpha value is -2.68. The van der Waals surface area contributed by atoms with Crippen molar-refractivity contribution >= 4 is 35.0 Å². The summed E-state index contributed by atoms with van der Waals surface area (Å²) in [5.41, 5.74) is 1.23. The molecule has 1 aromatic carbocycles. The number of hydrogen-bond acceptors (Lipinski definition) is 7. The molecule has 0 bridgehead atoms. The maximum absolute atomic E-state index is 11.9. The standard InChI is InChI=1S/C13H11N5O3S/c1-8(19)9-2-4-10(5-3-9)15-11(20)6-22-13-17-18-7-14-16-12(18)21-13/h2-5,7H,6H2,1H3,(H,15,20). The summed E-state index contributed by atoms with van der Waals surface area (Å²) in [6, 6.07) is 6.71. The summed E-state index contributed by atoms with van der Waals surface area (Å²) in [6.45, 7) is 1.49. The molecule has 0 radical (unpaired) electrons. The zero-order valence-electron chi connectivity index (χ0n) is 11.5. The summed E-state index contributed by atoms with van der Waals surface area (Å²) in [7, 11) is 0. The highest BCUT2D eigenvalue weighted by molar-refractivity contribution is 7.99. The highest BCUT2D eigenvalue weighted by Gasteiger charge is 2.10. The van der Waals surface area contributed by atoms with Gasteiger partial charge in [0.15, 0.2) is 5.78 Å². The number of aromatic nitrogens is 4. The monoisotopic (exact) mass is 317 g/mol. The summed E-state index contributed by atoms with van der Waals surface area (Å²) < 4.78 is 6.66. The van der Waals surface area contributed by atoms with Gasteiger partial charge < -0.3 is 9.73 Å². The largest absolute Gasteiger partial charge is 0.396 e. The van der Waals surface area contributed by atoms with Crippen LogP contribution in [0.5, 0.6) is 0 Å². The Morgan fingerprint density at radius 3 is 2.77 bits per heavy atom. The topological polar surface area (TPSA) is 102 Å². The van der Waals surface area contributed by atoms with Crippen LogP contribution < -0.4 is 5.32 Å². The normalized spacial score (nSPS) is 10.8. The van der Waals surface area contributed by atoms with E-state index in [-0.39, 0.29) is 23.3 Å². The van der Waals surface area contributed by atoms with E-state index in [4.69, 9.17) is 4.42 Å². The second-order valence-corrected chi connectivity index (χ2v) is 5.32. The molecule has 2 heterocycles. The van der Waals surface area contributed by atoms with Crippen molar-refractivity contribution in [1.29, 1.82) is 0 Å². The number of Topliss-reactive ketones (excluding diaryl/α,β-unsaturated/α-hetero) is 1. The van der Waals surface area contributed by atoms with Crippen LogP contribution in [0.15, 0.2) is 40.2 Å². The predicted molar refractivity (Wildman–Crippen MR) is 78.8 cm³/mol. The van der Waals surface area contributed by atoms with Crippen LogP contribution >= 0.6 is 11.8 Å². The molecule has 3 aromatic rings. The van der Waals surface area contributed by atoms with E-state index in [2.05, 4.69) is 20.6 Å². The average molecular weight is 317 g/mol. The van der Waals surface area contributed by atoms with Crippen LogP contribution in [0.4, 0.5) is 5.69 Å². The second kappa shape index (κ2) is 5.98. The van der Waals surface area contributed by atoms with E-state index in [9.17, 15) is 9.59 Å². The van der Waals surface area contributed by atoms with Gasteiger partial charge in [0.2, 0.25) is 5.91 Å². The highest BCUT2D eigenvalue weighted by Crippen LogP contribution is 2.18. The first-order valence-electron chi connectivity index (χ1n) is 6.32. The number of nitrogens with one attached hydrogen (secondary N) is 1. The number of benzene rings is 1. The lowest BCUT2D eigenvalue weighted by Gasteiger charge is -2.04. The lowest BCUT2D eigenvalue weighted by atomic mass is 10.1. The third-order valence-electron chi connectivity index (χ3n) is 2.77. The SMILES string of the molecule is CC(=O)c1ccc(NC(=O)CSc2nn3cnnc3o2)cc1. The summed E-state index contributed by atoms with van der Waals surface area (Å²) in [6.07, 6.45) is 1.42. The molecule has 0 aliphatic heterocycles. The number of carbonyl (C=O) groups excluding carboxylic acids is 2. The van der Waals surface area contributed by atoms with Crippen LogP contribution in [0, 0.1) is 0 Å². The molecule has 2 aromatic heterocycles. The van der Waals surface area contributed by atoms with Crippen molar-refractivity contribution in [1.82, 2.24) is 19.8 Å². The molecule has 22 heavy (non-hydrogen) atoms. The molecule has 8 nitrogen and oxygen atoms in total. The molecule has 0 unspecified atom stereocenters. The van der Waals surface area contributed by atoms with Crippen LogP contribution in [0.25, 0.3) is 5.84 Å². The number of nitrogens with zero attached hydrogens (tertiary/aromatic N) is 4. The number of anilines is 1. The molecule has 0 saturated heterocycles. The Labute approximate surface area is 128 Å². The first kappa shape index (κ1) is 14.3. The van der Waals surface area contributed by atoms with E-state index in [0.29, 0.717) is 16.5 Å². The number of ketones is 1. The smallest absolute Gasteiger partial charge is 0.345 e. The molecule has 0 aliphatic rings. The maximum Gasteiger partial charge on any atom is 0.345 e. The fraction of sp³-hybridized carbons (Fsp3) is 0.154. The third-order valence-corrected chi connectivity index (χ3v) is 3.59. The van der Waals surface area contributed by atoms with Crippen molar-refractivity contribution in [2.75, 3.05) is 11.1 Å². The van der Waals surface area contributed by atoms with Crippen LogP contribution in [-0.4, -0.2) is 37.3 Å². The van der Waals surface area contributed by atoms with E-state index < -0.39 is 0 Å². The first-order valence-corrected chi connectivity index (χ1v) is 7.31. The summed E-state index contributed by atoms with van der Waals surface area (Å²) in [4.78, 5) is 23.0. The van der Waals surface area contributed by atoms with Crippen molar-refractivity contribution < 1.29 is 14.0 Å². The molecule has 0 spiro atoms. The molecule has 0 saturated carbocycles. The fourth-order valence-corrected chi connectivity index (χ4v) is 2.32. The molecule has 9 heteroatoms. The van der Waals surface area contributed by atoms with Crippen molar-refractivity contribution in [3.63, 3.8) is 0 Å². The Kier molecular flexibility index (Phi) is 3.88. The second-order valence-electron chi connectivity index (χ2n) is 4.40. The van der Waals surface area contributed by atoms with Gasteiger partial charge in [0.1, 0.15) is 6.33 Å². The molecule has 3 rings (SSSR count). The average Bonchev–Trinajstić information content (AvgIpc) is 3.06. The molecule has 0 aliphatic carbocycles. The van der Waals surface area contributed by atoms with E-state index in [1.807, 2.05) is 0 Å². The Bertz CT molecular complexity index is 795. The molecule has 0 fully saturated rings. The van der Waals surface area contributed by atoms with Crippen molar-refractivity contribution in [2.24, 2.45) is 0 Å². The Morgan fingerprint density at radius 2 is 2.09 bits per heavy atom. The van der Waals surface area contributed by atoms with Gasteiger partial charge in [-0.05, 0) is 31.2 Å². The van der Waals surface area contributed by atoms with E-state index >= 15 is 0 Å². The van der Waals surface area contributed by atoms with Crippen LogP contribution in [0.1, 0.15) is 17.3 Å². The van der Waals surface area contributed by atoms with Gasteiger partial charge >= 0.3 is 5.84 Å². The van der Waals surface area contributed by atoms with Gasteiger partial charge in [-0.1, -0.05) is 16.9 Å². The van der Waals surface area contributed by atoms with Crippen molar-refractivity contribution in [2.45, 2.75) is 12.1 Å². The number of fused-ring (bicyclic) bond motifs is 1. The van der Waals surface area contributed by atoms with Gasteiger partial charge in [-0.15, -0.1) is 10.2 Å². The molecular formula is C13H11N5O3S. The summed E-state index contributed by atoms with van der Waals surface area (Å²) in [5.74, 6) is 0.208. The van der Waals surface area contributed by atoms with Crippen molar-refractivity contribution in [3.8, 4) is 0 Å². The van der Waals surface area contributed by atoms with E-state index in [0.717, 1.165) is 11.8 Å². The number of hydrogen-bond donors (Lipinski definition) is 1. The maximum atomic E-state index is 11.9. The van der Waals surface area contributed by atoms with Gasteiger partial charge in [0.05, 0.1) is 5.75 Å². The van der Waals surface area contributed by atoms with E-state index in [1.165, 1.54) is 17.8 Å². The number of carbonyl (C=O) groups is 2. The fourth-order valence-electron chi connectivity index (χ4n) is 1.71.